The van der Waals surface area contributed by atoms with Gasteiger partial charge in [-0.15, -0.1) is 0 Å². The van der Waals surface area contributed by atoms with Crippen LogP contribution in [0, 0.1) is 5.92 Å². The van der Waals surface area contributed by atoms with Crippen LogP contribution in [-0.2, 0) is 4.79 Å². The van der Waals surface area contributed by atoms with Crippen molar-refractivity contribution in [2.24, 2.45) is 5.92 Å². The summed E-state index contributed by atoms with van der Waals surface area (Å²) in [5.74, 6) is 1.22. The number of Topliss-reactive ketones (excluding diaryl/α,β-unsaturated/α-hetero) is 1. The minimum atomic E-state index is 0.362. The number of likely N-dealkylation sites (N-methyl/N-ethyl adjacent to an activating group) is 1. The lowest BCUT2D eigenvalue weighted by molar-refractivity contribution is -0.119. The Morgan fingerprint density at radius 1 is 1.38 bits per heavy atom. The Morgan fingerprint density at radius 3 is 2.54 bits per heavy atom. The molecule has 0 aliphatic heterocycles. The molecule has 0 aromatic rings. The van der Waals surface area contributed by atoms with E-state index >= 15 is 0 Å². The summed E-state index contributed by atoms with van der Waals surface area (Å²) >= 11 is 0. The molecule has 0 heterocycles. The summed E-state index contributed by atoms with van der Waals surface area (Å²) in [4.78, 5) is 13.3. The fourth-order valence-electron chi connectivity index (χ4n) is 2.11. The van der Waals surface area contributed by atoms with E-state index < -0.39 is 0 Å². The zero-order valence-electron chi connectivity index (χ0n) is 8.88. The van der Waals surface area contributed by atoms with Gasteiger partial charge in [0.25, 0.3) is 0 Å². The second-order valence-corrected chi connectivity index (χ2v) is 4.24. The Kier molecular flexibility index (Phi) is 4.43. The van der Waals surface area contributed by atoms with Crippen molar-refractivity contribution in [3.8, 4) is 0 Å². The van der Waals surface area contributed by atoms with Gasteiger partial charge >= 0.3 is 0 Å². The van der Waals surface area contributed by atoms with Gasteiger partial charge in [0, 0.05) is 13.0 Å². The van der Waals surface area contributed by atoms with Gasteiger partial charge in [-0.3, -0.25) is 9.69 Å². The molecule has 2 heteroatoms. The van der Waals surface area contributed by atoms with E-state index in [9.17, 15) is 4.79 Å². The standard InChI is InChI=1S/C11H21NO/c1-3-11(13)9-12(2)8-10-6-4-5-7-10/h10H,3-9H2,1-2H3. The molecule has 0 radical (unpaired) electrons. The average molecular weight is 183 g/mol. The van der Waals surface area contributed by atoms with Crippen LogP contribution in [0.2, 0.25) is 0 Å². The number of nitrogens with zero attached hydrogens (tertiary/aromatic N) is 1. The van der Waals surface area contributed by atoms with Crippen LogP contribution >= 0.6 is 0 Å². The van der Waals surface area contributed by atoms with Crippen molar-refractivity contribution < 1.29 is 4.79 Å². The highest BCUT2D eigenvalue weighted by Gasteiger charge is 2.17. The molecule has 0 bridgehead atoms. The lowest BCUT2D eigenvalue weighted by atomic mass is 10.1. The third-order valence-electron chi connectivity index (χ3n) is 2.89. The third kappa shape index (κ3) is 3.90. The monoisotopic (exact) mass is 183 g/mol. The van der Waals surface area contributed by atoms with Gasteiger partial charge in [-0.2, -0.15) is 0 Å². The first kappa shape index (κ1) is 10.7. The van der Waals surface area contributed by atoms with Gasteiger partial charge < -0.3 is 0 Å². The Hall–Kier alpha value is -0.370. The van der Waals surface area contributed by atoms with E-state index in [0.29, 0.717) is 18.7 Å². The van der Waals surface area contributed by atoms with E-state index in [1.165, 1.54) is 25.7 Å². The Balaban J connectivity index is 2.16. The van der Waals surface area contributed by atoms with Crippen LogP contribution in [0.4, 0.5) is 0 Å². The van der Waals surface area contributed by atoms with Crippen LogP contribution in [-0.4, -0.2) is 30.8 Å². The summed E-state index contributed by atoms with van der Waals surface area (Å²) in [7, 11) is 2.06. The predicted octanol–water partition coefficient (Wildman–Crippen LogP) is 2.09. The largest absolute Gasteiger partial charge is 0.299 e. The first-order chi connectivity index (χ1) is 6.22. The van der Waals surface area contributed by atoms with Crippen LogP contribution in [0.15, 0.2) is 0 Å². The van der Waals surface area contributed by atoms with Gasteiger partial charge in [-0.1, -0.05) is 19.8 Å². The highest BCUT2D eigenvalue weighted by Crippen LogP contribution is 2.24. The summed E-state index contributed by atoms with van der Waals surface area (Å²) in [6.45, 7) is 3.70. The fraction of sp³-hybridized carbons (Fsp3) is 0.909. The summed E-state index contributed by atoms with van der Waals surface area (Å²) < 4.78 is 0. The molecule has 0 amide bonds. The molecular formula is C11H21NO. The van der Waals surface area contributed by atoms with Gasteiger partial charge in [0.15, 0.2) is 0 Å². The SMILES string of the molecule is CCC(=O)CN(C)CC1CCCC1. The average Bonchev–Trinajstić information content (AvgIpc) is 2.56. The molecule has 0 spiro atoms. The smallest absolute Gasteiger partial charge is 0.146 e. The summed E-state index contributed by atoms with van der Waals surface area (Å²) in [5.41, 5.74) is 0. The molecule has 0 atom stereocenters. The molecule has 1 rings (SSSR count). The van der Waals surface area contributed by atoms with Gasteiger partial charge in [0.1, 0.15) is 5.78 Å². The molecule has 0 aromatic carbocycles. The summed E-state index contributed by atoms with van der Waals surface area (Å²) in [5, 5.41) is 0. The topological polar surface area (TPSA) is 20.3 Å². The van der Waals surface area contributed by atoms with E-state index in [1.807, 2.05) is 6.92 Å². The van der Waals surface area contributed by atoms with E-state index in [0.717, 1.165) is 12.5 Å². The van der Waals surface area contributed by atoms with Gasteiger partial charge in [0.05, 0.1) is 6.54 Å². The maximum atomic E-state index is 11.2. The zero-order valence-corrected chi connectivity index (χ0v) is 8.88. The van der Waals surface area contributed by atoms with Crippen molar-refractivity contribution in [3.63, 3.8) is 0 Å². The molecule has 0 unspecified atom stereocenters. The van der Waals surface area contributed by atoms with Gasteiger partial charge in [-0.05, 0) is 25.8 Å². The van der Waals surface area contributed by atoms with Crippen molar-refractivity contribution in [3.05, 3.63) is 0 Å². The summed E-state index contributed by atoms with van der Waals surface area (Å²) in [6, 6.07) is 0. The number of rotatable bonds is 5. The lowest BCUT2D eigenvalue weighted by Crippen LogP contribution is -2.29. The molecule has 76 valence electrons. The molecule has 0 aromatic heterocycles. The molecule has 13 heavy (non-hydrogen) atoms. The quantitative estimate of drug-likeness (QED) is 0.650. The molecule has 0 N–H and O–H groups in total. The minimum Gasteiger partial charge on any atom is -0.299 e. The minimum absolute atomic E-state index is 0.362. The first-order valence-corrected chi connectivity index (χ1v) is 5.42. The zero-order chi connectivity index (χ0) is 9.68. The maximum absolute atomic E-state index is 11.2. The third-order valence-corrected chi connectivity index (χ3v) is 2.89. The second-order valence-electron chi connectivity index (χ2n) is 4.24. The number of ketones is 1. The number of carbonyl (C=O) groups excluding carboxylic acids is 1. The molecular weight excluding hydrogens is 162 g/mol. The fourth-order valence-corrected chi connectivity index (χ4v) is 2.11. The van der Waals surface area contributed by atoms with Crippen molar-refractivity contribution in [2.45, 2.75) is 39.0 Å². The number of hydrogen-bond donors (Lipinski definition) is 0. The highest BCUT2D eigenvalue weighted by atomic mass is 16.1. The molecule has 2 nitrogen and oxygen atoms in total. The van der Waals surface area contributed by atoms with Crippen LogP contribution in [0.1, 0.15) is 39.0 Å². The van der Waals surface area contributed by atoms with E-state index in [4.69, 9.17) is 0 Å². The molecule has 0 saturated heterocycles. The van der Waals surface area contributed by atoms with Crippen LogP contribution in [0.3, 0.4) is 0 Å². The predicted molar refractivity (Wildman–Crippen MR) is 54.8 cm³/mol. The van der Waals surface area contributed by atoms with Crippen LogP contribution in [0.5, 0.6) is 0 Å². The molecule has 1 fully saturated rings. The molecule has 1 aliphatic carbocycles. The van der Waals surface area contributed by atoms with E-state index in [-0.39, 0.29) is 0 Å². The second kappa shape index (κ2) is 5.38. The first-order valence-electron chi connectivity index (χ1n) is 5.42. The number of carbonyl (C=O) groups is 1. The molecule has 1 aliphatic rings. The lowest BCUT2D eigenvalue weighted by Gasteiger charge is -2.19. The van der Waals surface area contributed by atoms with Crippen molar-refractivity contribution in [1.82, 2.24) is 4.90 Å². The van der Waals surface area contributed by atoms with Crippen molar-refractivity contribution in [1.29, 1.82) is 0 Å². The Labute approximate surface area is 81.3 Å². The highest BCUT2D eigenvalue weighted by molar-refractivity contribution is 5.80. The summed E-state index contributed by atoms with van der Waals surface area (Å²) in [6.07, 6.45) is 6.19. The van der Waals surface area contributed by atoms with Gasteiger partial charge in [-0.25, -0.2) is 0 Å². The van der Waals surface area contributed by atoms with Gasteiger partial charge in [0.2, 0.25) is 0 Å². The van der Waals surface area contributed by atoms with Crippen molar-refractivity contribution in [2.75, 3.05) is 20.1 Å². The normalized spacial score (nSPS) is 18.4. The van der Waals surface area contributed by atoms with E-state index in [2.05, 4.69) is 11.9 Å². The Morgan fingerprint density at radius 2 is 2.00 bits per heavy atom. The van der Waals surface area contributed by atoms with E-state index in [1.54, 1.807) is 0 Å². The molecule has 1 saturated carbocycles. The van der Waals surface area contributed by atoms with Crippen molar-refractivity contribution >= 4 is 5.78 Å². The van der Waals surface area contributed by atoms with Crippen LogP contribution < -0.4 is 0 Å². The van der Waals surface area contributed by atoms with Crippen LogP contribution in [0.25, 0.3) is 0 Å². The Bertz CT molecular complexity index is 161. The maximum Gasteiger partial charge on any atom is 0.146 e. The number of hydrogen-bond acceptors (Lipinski definition) is 2.